The summed E-state index contributed by atoms with van der Waals surface area (Å²) in [6.07, 6.45) is 7.64. The number of ether oxygens (including phenoxy) is 1. The molecule has 18 heavy (non-hydrogen) atoms. The lowest BCUT2D eigenvalue weighted by atomic mass is 9.97. The Labute approximate surface area is 115 Å². The number of methoxy groups -OCH3 is 1. The molecule has 3 heteroatoms. The summed E-state index contributed by atoms with van der Waals surface area (Å²) >= 11 is 1.95. The predicted molar refractivity (Wildman–Crippen MR) is 78.2 cm³/mol. The highest BCUT2D eigenvalue weighted by molar-refractivity contribution is 7.12. The summed E-state index contributed by atoms with van der Waals surface area (Å²) < 4.78 is 5.14. The highest BCUT2D eigenvalue weighted by Crippen LogP contribution is 2.34. The van der Waals surface area contributed by atoms with Crippen molar-refractivity contribution in [2.24, 2.45) is 11.7 Å². The van der Waals surface area contributed by atoms with Gasteiger partial charge in [-0.1, -0.05) is 13.3 Å². The molecule has 1 aromatic heterocycles. The van der Waals surface area contributed by atoms with Crippen LogP contribution in [0.3, 0.4) is 0 Å². The SMILES string of the molecule is COCCC(C)C(N)c1cc2c(s1)CCCCC2. The molecular formula is C15H25NOS. The smallest absolute Gasteiger partial charge is 0.0465 e. The average Bonchev–Trinajstić information content (AvgIpc) is 2.66. The molecule has 0 saturated carbocycles. The van der Waals surface area contributed by atoms with Crippen LogP contribution >= 0.6 is 11.3 Å². The summed E-state index contributed by atoms with van der Waals surface area (Å²) in [5, 5.41) is 0. The second kappa shape index (κ2) is 6.69. The Morgan fingerprint density at radius 3 is 2.89 bits per heavy atom. The van der Waals surface area contributed by atoms with Crippen molar-refractivity contribution in [2.75, 3.05) is 13.7 Å². The molecule has 1 heterocycles. The largest absolute Gasteiger partial charge is 0.385 e. The van der Waals surface area contributed by atoms with Crippen LogP contribution < -0.4 is 5.73 Å². The molecule has 0 aliphatic heterocycles. The van der Waals surface area contributed by atoms with Crippen molar-refractivity contribution < 1.29 is 4.74 Å². The van der Waals surface area contributed by atoms with Crippen molar-refractivity contribution in [3.63, 3.8) is 0 Å². The summed E-state index contributed by atoms with van der Waals surface area (Å²) in [6, 6.07) is 2.55. The Morgan fingerprint density at radius 2 is 2.11 bits per heavy atom. The lowest BCUT2D eigenvalue weighted by Gasteiger charge is -2.18. The fraction of sp³-hybridized carbons (Fsp3) is 0.733. The molecule has 2 atom stereocenters. The van der Waals surface area contributed by atoms with E-state index in [1.54, 1.807) is 17.6 Å². The number of aryl methyl sites for hydroxylation is 2. The van der Waals surface area contributed by atoms with Crippen molar-refractivity contribution in [1.82, 2.24) is 0 Å². The van der Waals surface area contributed by atoms with Crippen molar-refractivity contribution in [2.45, 2.75) is 51.5 Å². The topological polar surface area (TPSA) is 35.2 Å². The Balaban J connectivity index is 2.04. The van der Waals surface area contributed by atoms with E-state index in [1.807, 2.05) is 11.3 Å². The first-order valence-corrected chi connectivity index (χ1v) is 7.90. The van der Waals surface area contributed by atoms with Crippen LogP contribution in [0.1, 0.15) is 54.0 Å². The van der Waals surface area contributed by atoms with E-state index >= 15 is 0 Å². The third-order valence-electron chi connectivity index (χ3n) is 3.98. The van der Waals surface area contributed by atoms with E-state index < -0.39 is 0 Å². The van der Waals surface area contributed by atoms with E-state index in [0.29, 0.717) is 5.92 Å². The number of fused-ring (bicyclic) bond motifs is 1. The lowest BCUT2D eigenvalue weighted by Crippen LogP contribution is -2.19. The Morgan fingerprint density at radius 1 is 1.33 bits per heavy atom. The number of nitrogens with two attached hydrogens (primary N) is 1. The van der Waals surface area contributed by atoms with Crippen molar-refractivity contribution in [3.05, 3.63) is 21.4 Å². The minimum Gasteiger partial charge on any atom is -0.385 e. The number of hydrogen-bond acceptors (Lipinski definition) is 3. The van der Waals surface area contributed by atoms with E-state index in [2.05, 4.69) is 13.0 Å². The molecule has 0 spiro atoms. The fourth-order valence-corrected chi connectivity index (χ4v) is 4.01. The minimum absolute atomic E-state index is 0.178. The molecule has 1 aromatic rings. The summed E-state index contributed by atoms with van der Waals surface area (Å²) in [4.78, 5) is 2.97. The molecule has 102 valence electrons. The van der Waals surface area contributed by atoms with Gasteiger partial charge in [-0.15, -0.1) is 11.3 Å². The summed E-state index contributed by atoms with van der Waals surface area (Å²) in [6.45, 7) is 3.04. The van der Waals surface area contributed by atoms with Crippen LogP contribution in [-0.4, -0.2) is 13.7 Å². The zero-order valence-electron chi connectivity index (χ0n) is 11.6. The standard InChI is InChI=1S/C15H25NOS/c1-11(8-9-17-2)15(16)14-10-12-6-4-3-5-7-13(12)18-14/h10-11,15H,3-9,16H2,1-2H3. The molecule has 2 nitrogen and oxygen atoms in total. The van der Waals surface area contributed by atoms with Gasteiger partial charge in [0.2, 0.25) is 0 Å². The van der Waals surface area contributed by atoms with Gasteiger partial charge in [0.15, 0.2) is 0 Å². The lowest BCUT2D eigenvalue weighted by molar-refractivity contribution is 0.175. The van der Waals surface area contributed by atoms with Crippen LogP contribution in [0.4, 0.5) is 0 Å². The summed E-state index contributed by atoms with van der Waals surface area (Å²) in [5.74, 6) is 0.493. The van der Waals surface area contributed by atoms with E-state index in [9.17, 15) is 0 Å². The first-order valence-electron chi connectivity index (χ1n) is 7.08. The van der Waals surface area contributed by atoms with Crippen molar-refractivity contribution in [1.29, 1.82) is 0 Å². The molecule has 2 N–H and O–H groups in total. The van der Waals surface area contributed by atoms with Crippen molar-refractivity contribution in [3.8, 4) is 0 Å². The zero-order valence-corrected chi connectivity index (χ0v) is 12.4. The molecule has 1 aliphatic rings. The Hall–Kier alpha value is -0.380. The van der Waals surface area contributed by atoms with Crippen LogP contribution in [-0.2, 0) is 17.6 Å². The van der Waals surface area contributed by atoms with Gasteiger partial charge in [-0.3, -0.25) is 0 Å². The zero-order chi connectivity index (χ0) is 13.0. The van der Waals surface area contributed by atoms with E-state index in [-0.39, 0.29) is 6.04 Å². The Bertz CT molecular complexity index is 351. The van der Waals surface area contributed by atoms with Gasteiger partial charge in [-0.2, -0.15) is 0 Å². The van der Waals surface area contributed by atoms with Gasteiger partial charge in [0.05, 0.1) is 0 Å². The van der Waals surface area contributed by atoms with Gasteiger partial charge >= 0.3 is 0 Å². The molecular weight excluding hydrogens is 242 g/mol. The molecule has 2 unspecified atom stereocenters. The second-order valence-corrected chi connectivity index (χ2v) is 6.61. The number of thiophene rings is 1. The number of rotatable bonds is 5. The summed E-state index contributed by atoms with van der Waals surface area (Å²) in [5.41, 5.74) is 7.96. The maximum atomic E-state index is 6.39. The maximum Gasteiger partial charge on any atom is 0.0465 e. The van der Waals surface area contributed by atoms with E-state index in [4.69, 9.17) is 10.5 Å². The minimum atomic E-state index is 0.178. The molecule has 0 saturated heterocycles. The Kier molecular flexibility index (Phi) is 5.22. The van der Waals surface area contributed by atoms with Gasteiger partial charge in [0.1, 0.15) is 0 Å². The van der Waals surface area contributed by atoms with Gasteiger partial charge in [-0.25, -0.2) is 0 Å². The van der Waals surface area contributed by atoms with Crippen LogP contribution in [0, 0.1) is 5.92 Å². The monoisotopic (exact) mass is 267 g/mol. The van der Waals surface area contributed by atoms with Gasteiger partial charge in [-0.05, 0) is 49.7 Å². The normalized spacial score (nSPS) is 19.1. The average molecular weight is 267 g/mol. The van der Waals surface area contributed by atoms with Gasteiger partial charge in [0, 0.05) is 29.5 Å². The van der Waals surface area contributed by atoms with Crippen LogP contribution in [0.15, 0.2) is 6.07 Å². The fourth-order valence-electron chi connectivity index (χ4n) is 2.62. The third kappa shape index (κ3) is 3.34. The van der Waals surface area contributed by atoms with Crippen LogP contribution in [0.2, 0.25) is 0 Å². The van der Waals surface area contributed by atoms with Crippen LogP contribution in [0.5, 0.6) is 0 Å². The predicted octanol–water partition coefficient (Wildman–Crippen LogP) is 3.69. The van der Waals surface area contributed by atoms with Gasteiger partial charge < -0.3 is 10.5 Å². The molecule has 0 radical (unpaired) electrons. The molecule has 2 rings (SSSR count). The quantitative estimate of drug-likeness (QED) is 0.826. The van der Waals surface area contributed by atoms with Gasteiger partial charge in [0.25, 0.3) is 0 Å². The third-order valence-corrected chi connectivity index (χ3v) is 5.32. The van der Waals surface area contributed by atoms with E-state index in [1.165, 1.54) is 37.0 Å². The first kappa shape index (κ1) is 14.0. The molecule has 0 amide bonds. The number of hydrogen-bond donors (Lipinski definition) is 1. The van der Waals surface area contributed by atoms with E-state index in [0.717, 1.165) is 13.0 Å². The highest BCUT2D eigenvalue weighted by Gasteiger charge is 2.20. The maximum absolute atomic E-state index is 6.39. The highest BCUT2D eigenvalue weighted by atomic mass is 32.1. The molecule has 1 aliphatic carbocycles. The second-order valence-electron chi connectivity index (χ2n) is 5.44. The molecule has 0 aromatic carbocycles. The van der Waals surface area contributed by atoms with Crippen molar-refractivity contribution >= 4 is 11.3 Å². The molecule has 0 bridgehead atoms. The van der Waals surface area contributed by atoms with Crippen LogP contribution in [0.25, 0.3) is 0 Å². The molecule has 0 fully saturated rings. The first-order chi connectivity index (χ1) is 8.72. The summed E-state index contributed by atoms with van der Waals surface area (Å²) in [7, 11) is 1.76.